The van der Waals surface area contributed by atoms with E-state index in [0.29, 0.717) is 11.5 Å². The Morgan fingerprint density at radius 2 is 0.655 bits per heavy atom. The Balaban J connectivity index is 0.000000200. The molecule has 0 bridgehead atoms. The number of aromatic hydroxyl groups is 2. The molecular weight excluding hydrogens is 443 g/mol. The molecule has 0 amide bonds. The average molecular weight is 464 g/mol. The number of para-hydroxylation sites is 2. The Morgan fingerprint density at radius 3 is 0.966 bits per heavy atom. The zero-order chi connectivity index (χ0) is 19.6. The summed E-state index contributed by atoms with van der Waals surface area (Å²) in [6.07, 6.45) is 0. The molecule has 0 fully saturated rings. The predicted octanol–water partition coefficient (Wildman–Crippen LogP) is 6.37. The van der Waals surface area contributed by atoms with Gasteiger partial charge < -0.3 is 19.7 Å². The minimum absolute atomic E-state index is 0. The summed E-state index contributed by atoms with van der Waals surface area (Å²) in [5, 5.41) is 18.1. The van der Waals surface area contributed by atoms with Crippen LogP contribution in [0.2, 0.25) is 0 Å². The number of benzene rings is 4. The number of rotatable bonds is 4. The fourth-order valence-corrected chi connectivity index (χ4v) is 2.28. The molecule has 0 aromatic heterocycles. The van der Waals surface area contributed by atoms with E-state index in [0.717, 1.165) is 11.5 Å². The van der Waals surface area contributed by atoms with Gasteiger partial charge in [0, 0.05) is 26.2 Å². The van der Waals surface area contributed by atoms with Gasteiger partial charge in [-0.05, 0) is 72.8 Å². The van der Waals surface area contributed by atoms with Crippen LogP contribution in [0.4, 0.5) is 0 Å². The molecule has 2 N–H and O–H groups in total. The molecule has 0 unspecified atom stereocenters. The number of hydrogen-bond acceptors (Lipinski definition) is 4. The zero-order valence-electron chi connectivity index (χ0n) is 15.6. The molecule has 0 radical (unpaired) electrons. The van der Waals surface area contributed by atoms with Gasteiger partial charge in [-0.3, -0.25) is 0 Å². The van der Waals surface area contributed by atoms with Crippen molar-refractivity contribution in [1.82, 2.24) is 0 Å². The maximum atomic E-state index is 9.07. The van der Waals surface area contributed by atoms with Crippen LogP contribution in [0.3, 0.4) is 0 Å². The fourth-order valence-electron chi connectivity index (χ4n) is 2.28. The molecule has 0 heterocycles. The summed E-state index contributed by atoms with van der Waals surface area (Å²) in [4.78, 5) is 0. The van der Waals surface area contributed by atoms with Crippen molar-refractivity contribution in [2.24, 2.45) is 0 Å². The van der Waals surface area contributed by atoms with Gasteiger partial charge in [0.25, 0.3) is 0 Å². The largest absolute Gasteiger partial charge is 0.508 e. The molecule has 0 aliphatic heterocycles. The standard InChI is InChI=1S/2C12H10O2.Zr/c2*13-10-6-8-12(9-7-10)14-11-4-2-1-3-5-11;/h2*1-9,13H;. The van der Waals surface area contributed by atoms with Crippen LogP contribution in [0.15, 0.2) is 109 Å². The Labute approximate surface area is 189 Å². The van der Waals surface area contributed by atoms with Crippen LogP contribution >= 0.6 is 0 Å². The second kappa shape index (κ2) is 11.7. The van der Waals surface area contributed by atoms with Gasteiger partial charge >= 0.3 is 0 Å². The third kappa shape index (κ3) is 7.84. The third-order valence-electron chi connectivity index (χ3n) is 3.63. The summed E-state index contributed by atoms with van der Waals surface area (Å²) >= 11 is 0. The molecule has 144 valence electrons. The number of phenols is 2. The Kier molecular flexibility index (Phi) is 9.00. The average Bonchev–Trinajstić information content (AvgIpc) is 2.74. The van der Waals surface area contributed by atoms with Crippen LogP contribution in [0, 0.1) is 0 Å². The molecule has 0 aliphatic rings. The van der Waals surface area contributed by atoms with Crippen LogP contribution in [0.25, 0.3) is 0 Å². The van der Waals surface area contributed by atoms with E-state index in [1.807, 2.05) is 60.7 Å². The second-order valence-corrected chi connectivity index (χ2v) is 5.82. The Hall–Kier alpha value is -3.04. The third-order valence-corrected chi connectivity index (χ3v) is 3.63. The molecule has 0 aliphatic carbocycles. The van der Waals surface area contributed by atoms with E-state index < -0.39 is 0 Å². The normalized spacial score (nSPS) is 9.38. The van der Waals surface area contributed by atoms with Gasteiger partial charge in [0.05, 0.1) is 0 Å². The molecule has 0 saturated carbocycles. The quantitative estimate of drug-likeness (QED) is 0.369. The topological polar surface area (TPSA) is 58.9 Å². The Bertz CT molecular complexity index is 874. The predicted molar refractivity (Wildman–Crippen MR) is 109 cm³/mol. The zero-order valence-corrected chi connectivity index (χ0v) is 18.1. The van der Waals surface area contributed by atoms with E-state index in [1.54, 1.807) is 48.5 Å². The molecular formula is C24H20O4Zr. The van der Waals surface area contributed by atoms with E-state index in [9.17, 15) is 0 Å². The van der Waals surface area contributed by atoms with Crippen molar-refractivity contribution in [3.8, 4) is 34.5 Å². The monoisotopic (exact) mass is 462 g/mol. The van der Waals surface area contributed by atoms with Crippen molar-refractivity contribution in [1.29, 1.82) is 0 Å². The maximum Gasteiger partial charge on any atom is 0.127 e. The molecule has 0 atom stereocenters. The Morgan fingerprint density at radius 1 is 0.379 bits per heavy atom. The summed E-state index contributed by atoms with van der Waals surface area (Å²) in [6.45, 7) is 0. The van der Waals surface area contributed by atoms with E-state index >= 15 is 0 Å². The number of hydrogen-bond donors (Lipinski definition) is 2. The molecule has 4 rings (SSSR count). The molecule has 4 aromatic carbocycles. The van der Waals surface area contributed by atoms with Crippen molar-refractivity contribution in [3.05, 3.63) is 109 Å². The van der Waals surface area contributed by atoms with Crippen molar-refractivity contribution in [3.63, 3.8) is 0 Å². The minimum atomic E-state index is 0. The van der Waals surface area contributed by atoms with Gasteiger partial charge in [0.15, 0.2) is 0 Å². The van der Waals surface area contributed by atoms with Crippen molar-refractivity contribution in [2.75, 3.05) is 0 Å². The van der Waals surface area contributed by atoms with Crippen LogP contribution in [-0.4, -0.2) is 10.2 Å². The van der Waals surface area contributed by atoms with Crippen molar-refractivity contribution < 1.29 is 45.9 Å². The second-order valence-electron chi connectivity index (χ2n) is 5.82. The van der Waals surface area contributed by atoms with Crippen LogP contribution in [0.1, 0.15) is 0 Å². The van der Waals surface area contributed by atoms with Crippen LogP contribution < -0.4 is 9.47 Å². The van der Waals surface area contributed by atoms with Gasteiger partial charge in [-0.1, -0.05) is 36.4 Å². The summed E-state index contributed by atoms with van der Waals surface area (Å²) in [5.41, 5.74) is 0. The molecule has 0 saturated heterocycles. The summed E-state index contributed by atoms with van der Waals surface area (Å²) in [5.74, 6) is 3.50. The smallest absolute Gasteiger partial charge is 0.127 e. The van der Waals surface area contributed by atoms with Gasteiger partial charge in [-0.2, -0.15) is 0 Å². The summed E-state index contributed by atoms with van der Waals surface area (Å²) in [6, 6.07) is 32.3. The van der Waals surface area contributed by atoms with Gasteiger partial charge in [-0.15, -0.1) is 0 Å². The first-order valence-electron chi connectivity index (χ1n) is 8.73. The summed E-state index contributed by atoms with van der Waals surface area (Å²) < 4.78 is 11.0. The van der Waals surface area contributed by atoms with E-state index in [4.69, 9.17) is 19.7 Å². The maximum absolute atomic E-state index is 9.07. The molecule has 4 aromatic rings. The first-order chi connectivity index (χ1) is 13.7. The molecule has 5 heteroatoms. The minimum Gasteiger partial charge on any atom is -0.508 e. The first-order valence-corrected chi connectivity index (χ1v) is 8.73. The van der Waals surface area contributed by atoms with E-state index in [-0.39, 0.29) is 37.7 Å². The summed E-state index contributed by atoms with van der Waals surface area (Å²) in [7, 11) is 0. The van der Waals surface area contributed by atoms with Gasteiger partial charge in [0.1, 0.15) is 34.5 Å². The van der Waals surface area contributed by atoms with Crippen molar-refractivity contribution >= 4 is 0 Å². The molecule has 4 nitrogen and oxygen atoms in total. The van der Waals surface area contributed by atoms with Gasteiger partial charge in [-0.25, -0.2) is 0 Å². The van der Waals surface area contributed by atoms with E-state index in [2.05, 4.69) is 0 Å². The molecule has 0 spiro atoms. The number of ether oxygens (including phenoxy) is 2. The van der Waals surface area contributed by atoms with Crippen LogP contribution in [0.5, 0.6) is 34.5 Å². The fraction of sp³-hybridized carbons (Fsp3) is 0. The SMILES string of the molecule is Oc1ccc(Oc2ccccc2)cc1.Oc1ccc(Oc2ccccc2)cc1.[Zr]. The van der Waals surface area contributed by atoms with Crippen molar-refractivity contribution in [2.45, 2.75) is 0 Å². The van der Waals surface area contributed by atoms with Gasteiger partial charge in [0.2, 0.25) is 0 Å². The first kappa shape index (κ1) is 22.3. The van der Waals surface area contributed by atoms with E-state index in [1.165, 1.54) is 0 Å². The molecule has 29 heavy (non-hydrogen) atoms. The number of phenolic OH excluding ortho intramolecular Hbond substituents is 2. The van der Waals surface area contributed by atoms with Crippen LogP contribution in [-0.2, 0) is 26.2 Å².